The lowest BCUT2D eigenvalue weighted by molar-refractivity contribution is 0.295. The molecular weight excluding hydrogens is 178 g/mol. The lowest BCUT2D eigenvalue weighted by Crippen LogP contribution is -1.99. The summed E-state index contributed by atoms with van der Waals surface area (Å²) in [6, 6.07) is 3.92. The maximum absolute atomic E-state index is 8.82. The van der Waals surface area contributed by atoms with Crippen molar-refractivity contribution in [2.24, 2.45) is 7.05 Å². The van der Waals surface area contributed by atoms with Crippen LogP contribution in [0.5, 0.6) is 0 Å². The number of aromatic nitrogens is 3. The van der Waals surface area contributed by atoms with Gasteiger partial charge in [0.2, 0.25) is 0 Å². The molecule has 2 rings (SSSR count). The smallest absolute Gasteiger partial charge is 0.111 e. The van der Waals surface area contributed by atoms with E-state index in [1.54, 1.807) is 0 Å². The van der Waals surface area contributed by atoms with Crippen LogP contribution in [-0.2, 0) is 13.5 Å². The Morgan fingerprint density at radius 2 is 2.43 bits per heavy atom. The van der Waals surface area contributed by atoms with Gasteiger partial charge in [-0.15, -0.1) is 0 Å². The van der Waals surface area contributed by atoms with E-state index in [2.05, 4.69) is 9.97 Å². The summed E-state index contributed by atoms with van der Waals surface area (Å²) in [6.45, 7) is 0.134. The molecule has 0 saturated heterocycles. The van der Waals surface area contributed by atoms with Crippen molar-refractivity contribution >= 4 is 0 Å². The molecular formula is C10H13N3O. The van der Waals surface area contributed by atoms with Crippen LogP contribution in [0, 0.1) is 0 Å². The second-order valence-electron chi connectivity index (χ2n) is 3.21. The van der Waals surface area contributed by atoms with Crippen molar-refractivity contribution in [2.45, 2.75) is 6.42 Å². The van der Waals surface area contributed by atoms with Gasteiger partial charge in [0.15, 0.2) is 0 Å². The molecule has 0 fully saturated rings. The summed E-state index contributed by atoms with van der Waals surface area (Å²) in [6.07, 6.45) is 4.42. The highest BCUT2D eigenvalue weighted by atomic mass is 16.3. The number of hydrogen-bond donors (Lipinski definition) is 2. The van der Waals surface area contributed by atoms with Gasteiger partial charge in [-0.3, -0.25) is 0 Å². The molecule has 14 heavy (non-hydrogen) atoms. The molecule has 74 valence electrons. The first-order chi connectivity index (χ1) is 6.81. The van der Waals surface area contributed by atoms with Crippen LogP contribution in [0.25, 0.3) is 11.4 Å². The second-order valence-corrected chi connectivity index (χ2v) is 3.21. The highest BCUT2D eigenvalue weighted by Gasteiger charge is 2.06. The van der Waals surface area contributed by atoms with Gasteiger partial charge >= 0.3 is 0 Å². The Morgan fingerprint density at radius 1 is 1.57 bits per heavy atom. The molecule has 2 heterocycles. The zero-order valence-electron chi connectivity index (χ0n) is 8.07. The number of imidazole rings is 1. The highest BCUT2D eigenvalue weighted by Crippen LogP contribution is 2.15. The average molecular weight is 191 g/mol. The third-order valence-corrected chi connectivity index (χ3v) is 2.18. The van der Waals surface area contributed by atoms with Crippen molar-refractivity contribution in [2.75, 3.05) is 6.61 Å². The summed E-state index contributed by atoms with van der Waals surface area (Å²) in [5, 5.41) is 8.82. The summed E-state index contributed by atoms with van der Waals surface area (Å²) in [7, 11) is 1.93. The molecule has 0 spiro atoms. The lowest BCUT2D eigenvalue weighted by Gasteiger charge is -1.95. The Balaban J connectivity index is 2.33. The van der Waals surface area contributed by atoms with Crippen molar-refractivity contribution in [1.82, 2.24) is 14.5 Å². The molecule has 0 bridgehead atoms. The third-order valence-electron chi connectivity index (χ3n) is 2.18. The van der Waals surface area contributed by atoms with E-state index in [1.165, 1.54) is 0 Å². The van der Waals surface area contributed by atoms with Crippen molar-refractivity contribution in [3.63, 3.8) is 0 Å². The number of aliphatic hydroxyl groups is 1. The fraction of sp³-hybridized carbons (Fsp3) is 0.300. The number of H-pyrrole nitrogens is 1. The van der Waals surface area contributed by atoms with Crippen LogP contribution in [-0.4, -0.2) is 26.2 Å². The standard InChI is InChI=1S/C10H13N3O/c1-13-7-9(8-3-2-5-11-8)12-10(13)4-6-14/h2-3,5,7,11,14H,4,6H2,1H3. The number of aryl methyl sites for hydroxylation is 1. The summed E-state index contributed by atoms with van der Waals surface area (Å²) in [4.78, 5) is 7.51. The fourth-order valence-corrected chi connectivity index (χ4v) is 1.46. The fourth-order valence-electron chi connectivity index (χ4n) is 1.46. The van der Waals surface area contributed by atoms with Crippen LogP contribution in [0.15, 0.2) is 24.5 Å². The number of hydrogen-bond acceptors (Lipinski definition) is 2. The number of nitrogens with one attached hydrogen (secondary N) is 1. The molecule has 2 aromatic heterocycles. The molecule has 0 unspecified atom stereocenters. The van der Waals surface area contributed by atoms with E-state index in [1.807, 2.05) is 36.1 Å². The summed E-state index contributed by atoms with van der Waals surface area (Å²) in [5.41, 5.74) is 1.92. The minimum atomic E-state index is 0.134. The van der Waals surface area contributed by atoms with Gasteiger partial charge in [0.25, 0.3) is 0 Å². The number of aliphatic hydroxyl groups excluding tert-OH is 1. The Hall–Kier alpha value is -1.55. The maximum atomic E-state index is 8.82. The molecule has 2 aromatic rings. The molecule has 0 radical (unpaired) electrons. The quantitative estimate of drug-likeness (QED) is 0.759. The molecule has 4 heteroatoms. The Morgan fingerprint density at radius 3 is 3.07 bits per heavy atom. The van der Waals surface area contributed by atoms with Gasteiger partial charge in [0.05, 0.1) is 12.3 Å². The van der Waals surface area contributed by atoms with E-state index in [4.69, 9.17) is 5.11 Å². The first kappa shape index (κ1) is 9.02. The van der Waals surface area contributed by atoms with Crippen LogP contribution < -0.4 is 0 Å². The van der Waals surface area contributed by atoms with Gasteiger partial charge < -0.3 is 14.7 Å². The molecule has 0 amide bonds. The normalized spacial score (nSPS) is 10.7. The molecule has 0 saturated carbocycles. The number of aromatic amines is 1. The monoisotopic (exact) mass is 191 g/mol. The number of rotatable bonds is 3. The molecule has 2 N–H and O–H groups in total. The van der Waals surface area contributed by atoms with E-state index >= 15 is 0 Å². The minimum absolute atomic E-state index is 0.134. The number of nitrogens with zero attached hydrogens (tertiary/aromatic N) is 2. The van der Waals surface area contributed by atoms with E-state index in [0.717, 1.165) is 17.2 Å². The summed E-state index contributed by atoms with van der Waals surface area (Å²) < 4.78 is 1.94. The van der Waals surface area contributed by atoms with Gasteiger partial charge in [0, 0.05) is 25.9 Å². The molecule has 0 aliphatic rings. The van der Waals surface area contributed by atoms with Crippen molar-refractivity contribution in [3.8, 4) is 11.4 Å². The zero-order valence-corrected chi connectivity index (χ0v) is 8.07. The van der Waals surface area contributed by atoms with Gasteiger partial charge in [-0.1, -0.05) is 0 Å². The van der Waals surface area contributed by atoms with Gasteiger partial charge in [-0.2, -0.15) is 0 Å². The Labute approximate surface area is 82.2 Å². The first-order valence-electron chi connectivity index (χ1n) is 4.58. The Kier molecular flexibility index (Phi) is 2.37. The summed E-state index contributed by atoms with van der Waals surface area (Å²) in [5.74, 6) is 0.900. The van der Waals surface area contributed by atoms with Gasteiger partial charge in [-0.25, -0.2) is 4.98 Å². The van der Waals surface area contributed by atoms with E-state index in [0.29, 0.717) is 6.42 Å². The maximum Gasteiger partial charge on any atom is 0.111 e. The molecule has 0 aliphatic heterocycles. The van der Waals surface area contributed by atoms with Crippen LogP contribution in [0.2, 0.25) is 0 Å². The van der Waals surface area contributed by atoms with Crippen LogP contribution in [0.3, 0.4) is 0 Å². The molecule has 4 nitrogen and oxygen atoms in total. The van der Waals surface area contributed by atoms with Crippen molar-refractivity contribution < 1.29 is 5.11 Å². The zero-order chi connectivity index (χ0) is 9.97. The van der Waals surface area contributed by atoms with Crippen LogP contribution in [0.4, 0.5) is 0 Å². The molecule has 0 aromatic carbocycles. The van der Waals surface area contributed by atoms with Gasteiger partial charge in [0.1, 0.15) is 11.5 Å². The topological polar surface area (TPSA) is 53.8 Å². The average Bonchev–Trinajstić information content (AvgIpc) is 2.76. The largest absolute Gasteiger partial charge is 0.396 e. The Bertz CT molecular complexity index is 403. The van der Waals surface area contributed by atoms with Crippen molar-refractivity contribution in [1.29, 1.82) is 0 Å². The molecule has 0 atom stereocenters. The molecule has 0 aliphatic carbocycles. The van der Waals surface area contributed by atoms with E-state index < -0.39 is 0 Å². The second kappa shape index (κ2) is 3.67. The SMILES string of the molecule is Cn1cc(-c2ccc[nH]2)nc1CCO. The van der Waals surface area contributed by atoms with E-state index in [9.17, 15) is 0 Å². The first-order valence-corrected chi connectivity index (χ1v) is 4.58. The van der Waals surface area contributed by atoms with Gasteiger partial charge in [-0.05, 0) is 12.1 Å². The van der Waals surface area contributed by atoms with Crippen LogP contribution >= 0.6 is 0 Å². The highest BCUT2D eigenvalue weighted by molar-refractivity contribution is 5.53. The predicted octanol–water partition coefficient (Wildman–Crippen LogP) is 0.950. The minimum Gasteiger partial charge on any atom is -0.396 e. The summed E-state index contributed by atoms with van der Waals surface area (Å²) >= 11 is 0. The van der Waals surface area contributed by atoms with Crippen molar-refractivity contribution in [3.05, 3.63) is 30.4 Å². The lowest BCUT2D eigenvalue weighted by atomic mass is 10.3. The van der Waals surface area contributed by atoms with Crippen LogP contribution in [0.1, 0.15) is 5.82 Å². The van der Waals surface area contributed by atoms with E-state index in [-0.39, 0.29) is 6.61 Å². The third kappa shape index (κ3) is 1.56. The predicted molar refractivity (Wildman–Crippen MR) is 53.8 cm³/mol.